The van der Waals surface area contributed by atoms with E-state index >= 15 is 0 Å². The molecule has 0 radical (unpaired) electrons. The highest BCUT2D eigenvalue weighted by atomic mass is 35.5. The Hall–Kier alpha value is -3.37. The van der Waals surface area contributed by atoms with Crippen LogP contribution in [0.15, 0.2) is 65.6 Å². The Morgan fingerprint density at radius 3 is 2.45 bits per heavy atom. The molecule has 0 bridgehead atoms. The third-order valence-electron chi connectivity index (χ3n) is 6.01. The van der Waals surface area contributed by atoms with Crippen LogP contribution in [0.4, 0.5) is 26.4 Å². The number of fused-ring (bicyclic) bond motifs is 1. The number of aromatic nitrogens is 2. The highest BCUT2D eigenvalue weighted by Crippen LogP contribution is 2.32. The Morgan fingerprint density at radius 1 is 1.05 bits per heavy atom. The molecule has 2 aromatic heterocycles. The van der Waals surface area contributed by atoms with E-state index in [1.165, 1.54) is 6.07 Å². The number of hydrogen-bond acceptors (Lipinski definition) is 5. The fourth-order valence-corrected chi connectivity index (χ4v) is 4.40. The number of nitrogens with zero attached hydrogens (tertiary/aromatic N) is 3. The maximum Gasteiger partial charge on any atom is 0.323 e. The van der Waals surface area contributed by atoms with Crippen LogP contribution in [0.5, 0.6) is 0 Å². The van der Waals surface area contributed by atoms with Crippen LogP contribution in [0.25, 0.3) is 22.0 Å². The van der Waals surface area contributed by atoms with E-state index in [-0.39, 0.29) is 46.6 Å². The third kappa shape index (κ3) is 7.85. The number of para-hydroxylation sites is 1. The fraction of sp³-hybridized carbons (Fsp3) is 0.250. The summed E-state index contributed by atoms with van der Waals surface area (Å²) in [6, 6.07) is 14.2. The predicted molar refractivity (Wildman–Crippen MR) is 167 cm³/mol. The zero-order valence-electron chi connectivity index (χ0n) is 22.3. The van der Waals surface area contributed by atoms with Gasteiger partial charge in [-0.1, -0.05) is 29.8 Å². The Balaban J connectivity index is 0.00000280. The second kappa shape index (κ2) is 14.9. The molecule has 0 saturated heterocycles. The summed E-state index contributed by atoms with van der Waals surface area (Å²) in [5, 5.41) is 9.24. The lowest BCUT2D eigenvalue weighted by molar-refractivity contribution is 0.262. The monoisotopic (exact) mass is 608 g/mol. The van der Waals surface area contributed by atoms with Gasteiger partial charge in [0.25, 0.3) is 5.56 Å². The quantitative estimate of drug-likeness (QED) is 0.183. The Morgan fingerprint density at radius 2 is 1.77 bits per heavy atom. The number of amides is 2. The van der Waals surface area contributed by atoms with Gasteiger partial charge in [-0.2, -0.15) is 0 Å². The number of benzene rings is 2. The highest BCUT2D eigenvalue weighted by Gasteiger charge is 2.18. The minimum atomic E-state index is -0.717. The van der Waals surface area contributed by atoms with Gasteiger partial charge in [-0.05, 0) is 64.3 Å². The molecule has 0 atom stereocenters. The zero-order chi connectivity index (χ0) is 27.2. The first-order valence-electron chi connectivity index (χ1n) is 12.3. The maximum absolute atomic E-state index is 14.7. The van der Waals surface area contributed by atoms with Gasteiger partial charge < -0.3 is 25.4 Å². The summed E-state index contributed by atoms with van der Waals surface area (Å²) in [6.07, 6.45) is 2.65. The number of aryl methyl sites for hydroxylation is 1. The standard InChI is InChI=1S/C28H30ClFN6O2.2ClH/c1-4-36-25-16-26(31-11-8-12-35(2)3)32-17-18(25)13-21(27(36)37)20-14-24(23(30)15-22(20)29)34-28(38)33-19-9-6-5-7-10-19;;/h5-7,9-10,13-17H,4,8,11-12H2,1-3H3,(H,31,32)(H2,33,34,38);2*1H. The van der Waals surface area contributed by atoms with E-state index in [0.29, 0.717) is 23.6 Å². The lowest BCUT2D eigenvalue weighted by atomic mass is 10.0. The molecule has 12 heteroatoms. The fourth-order valence-electron chi connectivity index (χ4n) is 4.14. The van der Waals surface area contributed by atoms with Gasteiger partial charge in [-0.15, -0.1) is 24.8 Å². The van der Waals surface area contributed by atoms with Crippen LogP contribution < -0.4 is 21.5 Å². The minimum absolute atomic E-state index is 0. The molecule has 4 rings (SSSR count). The van der Waals surface area contributed by atoms with Gasteiger partial charge in [0.2, 0.25) is 0 Å². The largest absolute Gasteiger partial charge is 0.370 e. The van der Waals surface area contributed by atoms with Crippen molar-refractivity contribution in [2.24, 2.45) is 0 Å². The molecule has 2 amide bonds. The van der Waals surface area contributed by atoms with Gasteiger partial charge in [-0.3, -0.25) is 4.79 Å². The van der Waals surface area contributed by atoms with Crippen molar-refractivity contribution in [1.82, 2.24) is 14.5 Å². The molecule has 0 aliphatic heterocycles. The van der Waals surface area contributed by atoms with Crippen LogP contribution in [0.2, 0.25) is 5.02 Å². The molecule has 2 heterocycles. The van der Waals surface area contributed by atoms with E-state index in [9.17, 15) is 14.0 Å². The number of urea groups is 1. The first-order chi connectivity index (χ1) is 18.3. The Bertz CT molecular complexity index is 1520. The maximum atomic E-state index is 14.7. The number of anilines is 3. The highest BCUT2D eigenvalue weighted by molar-refractivity contribution is 6.33. The number of rotatable bonds is 9. The number of hydrogen-bond donors (Lipinski definition) is 3. The van der Waals surface area contributed by atoms with Crippen molar-refractivity contribution in [2.45, 2.75) is 19.9 Å². The van der Waals surface area contributed by atoms with Gasteiger partial charge in [0.1, 0.15) is 11.6 Å². The minimum Gasteiger partial charge on any atom is -0.370 e. The predicted octanol–water partition coefficient (Wildman–Crippen LogP) is 6.73. The van der Waals surface area contributed by atoms with Gasteiger partial charge in [0.15, 0.2) is 0 Å². The summed E-state index contributed by atoms with van der Waals surface area (Å²) in [6.45, 7) is 4.00. The lowest BCUT2D eigenvalue weighted by Crippen LogP contribution is -2.22. The average Bonchev–Trinajstić information content (AvgIpc) is 2.88. The molecule has 0 unspecified atom stereocenters. The zero-order valence-corrected chi connectivity index (χ0v) is 24.7. The number of pyridine rings is 2. The Labute approximate surface area is 249 Å². The van der Waals surface area contributed by atoms with Crippen molar-refractivity contribution < 1.29 is 9.18 Å². The molecule has 8 nitrogen and oxygen atoms in total. The number of carbonyl (C=O) groups is 1. The van der Waals surface area contributed by atoms with E-state index in [4.69, 9.17) is 11.6 Å². The molecular formula is C28H32Cl3FN6O2. The van der Waals surface area contributed by atoms with E-state index in [1.54, 1.807) is 41.1 Å². The van der Waals surface area contributed by atoms with Crippen LogP contribution in [0.1, 0.15) is 13.3 Å². The van der Waals surface area contributed by atoms with Crippen LogP contribution in [0.3, 0.4) is 0 Å². The van der Waals surface area contributed by atoms with Crippen molar-refractivity contribution in [3.63, 3.8) is 0 Å². The second-order valence-electron chi connectivity index (χ2n) is 9.08. The van der Waals surface area contributed by atoms with E-state index in [1.807, 2.05) is 33.2 Å². The van der Waals surface area contributed by atoms with Gasteiger partial charge in [0, 0.05) is 47.6 Å². The summed E-state index contributed by atoms with van der Waals surface area (Å²) in [5.74, 6) is -0.0356. The topological polar surface area (TPSA) is 91.3 Å². The summed E-state index contributed by atoms with van der Waals surface area (Å²) in [7, 11) is 4.05. The summed E-state index contributed by atoms with van der Waals surface area (Å²) in [4.78, 5) is 32.6. The Kier molecular flexibility index (Phi) is 12.2. The molecule has 0 aliphatic rings. The van der Waals surface area contributed by atoms with E-state index in [0.717, 1.165) is 36.5 Å². The summed E-state index contributed by atoms with van der Waals surface area (Å²) in [5.41, 5.74) is 1.49. The SMILES string of the molecule is CCn1c(=O)c(-c2cc(NC(=O)Nc3ccccc3)c(F)cc2Cl)cc2cnc(NCCCN(C)C)cc21.Cl.Cl. The number of nitrogens with one attached hydrogen (secondary N) is 3. The molecule has 0 saturated carbocycles. The molecular weight excluding hydrogens is 578 g/mol. The molecule has 0 aliphatic carbocycles. The first kappa shape index (κ1) is 32.8. The van der Waals surface area contributed by atoms with Crippen molar-refractivity contribution in [1.29, 1.82) is 0 Å². The van der Waals surface area contributed by atoms with Gasteiger partial charge >= 0.3 is 6.03 Å². The molecule has 0 spiro atoms. The van der Waals surface area contributed by atoms with Crippen molar-refractivity contribution >= 4 is 70.5 Å². The summed E-state index contributed by atoms with van der Waals surface area (Å²) < 4.78 is 16.4. The molecule has 0 fully saturated rings. The smallest absolute Gasteiger partial charge is 0.323 e. The molecule has 40 heavy (non-hydrogen) atoms. The number of halogens is 4. The van der Waals surface area contributed by atoms with Crippen LogP contribution >= 0.6 is 36.4 Å². The van der Waals surface area contributed by atoms with Crippen molar-refractivity contribution in [2.75, 3.05) is 43.1 Å². The normalized spacial score (nSPS) is 10.6. The van der Waals surface area contributed by atoms with Crippen LogP contribution in [0, 0.1) is 5.82 Å². The van der Waals surface area contributed by atoms with E-state index in [2.05, 4.69) is 25.8 Å². The molecule has 214 valence electrons. The molecule has 4 aromatic rings. The molecule has 3 N–H and O–H groups in total. The lowest BCUT2D eigenvalue weighted by Gasteiger charge is -2.15. The number of carbonyl (C=O) groups excluding carboxylic acids is 1. The van der Waals surface area contributed by atoms with Crippen LogP contribution in [-0.2, 0) is 6.54 Å². The first-order valence-corrected chi connectivity index (χ1v) is 12.7. The third-order valence-corrected chi connectivity index (χ3v) is 6.32. The summed E-state index contributed by atoms with van der Waals surface area (Å²) >= 11 is 6.39. The average molecular weight is 610 g/mol. The van der Waals surface area contributed by atoms with Gasteiger partial charge in [0.05, 0.1) is 16.2 Å². The van der Waals surface area contributed by atoms with E-state index < -0.39 is 11.8 Å². The van der Waals surface area contributed by atoms with Crippen molar-refractivity contribution in [3.05, 3.63) is 82.0 Å². The van der Waals surface area contributed by atoms with Crippen molar-refractivity contribution in [3.8, 4) is 11.1 Å². The van der Waals surface area contributed by atoms with Crippen LogP contribution in [-0.4, -0.2) is 47.7 Å². The second-order valence-corrected chi connectivity index (χ2v) is 9.48. The molecule has 2 aromatic carbocycles. The van der Waals surface area contributed by atoms with Gasteiger partial charge in [-0.25, -0.2) is 14.2 Å².